The monoisotopic (exact) mass is 404 g/mol. The molecule has 0 radical (unpaired) electrons. The number of benzene rings is 1. The summed E-state index contributed by atoms with van der Waals surface area (Å²) in [6.07, 6.45) is 1.83. The van der Waals surface area contributed by atoms with Crippen LogP contribution in [-0.4, -0.2) is 39.0 Å². The van der Waals surface area contributed by atoms with Crippen molar-refractivity contribution in [1.82, 2.24) is 20.0 Å². The van der Waals surface area contributed by atoms with Crippen molar-refractivity contribution in [2.75, 3.05) is 23.3 Å². The normalized spacial score (nSPS) is 16.5. The van der Waals surface area contributed by atoms with Crippen molar-refractivity contribution >= 4 is 17.4 Å². The molecule has 1 atom stereocenters. The molecular weight excluding hydrogens is 376 g/mol. The van der Waals surface area contributed by atoms with Crippen LogP contribution in [0.3, 0.4) is 0 Å². The third-order valence-electron chi connectivity index (χ3n) is 5.84. The Bertz CT molecular complexity index is 1060. The number of nitrogens with zero attached hydrogens (tertiary/aromatic N) is 5. The average molecular weight is 405 g/mol. The molecule has 2 aromatic heterocycles. The number of hydrogen-bond donors (Lipinski definition) is 1. The number of carbonyl (C=O) groups is 1. The van der Waals surface area contributed by atoms with E-state index < -0.39 is 0 Å². The summed E-state index contributed by atoms with van der Waals surface area (Å²) in [5.41, 5.74) is 5.16. The van der Waals surface area contributed by atoms with Crippen molar-refractivity contribution in [3.63, 3.8) is 0 Å². The molecule has 1 aromatic carbocycles. The van der Waals surface area contributed by atoms with Gasteiger partial charge in [-0.25, -0.2) is 4.68 Å². The van der Waals surface area contributed by atoms with Crippen LogP contribution in [0.2, 0.25) is 0 Å². The van der Waals surface area contributed by atoms with Crippen LogP contribution in [0.4, 0.5) is 11.5 Å². The van der Waals surface area contributed by atoms with E-state index in [1.807, 2.05) is 51.1 Å². The molecule has 1 unspecified atom stereocenters. The minimum absolute atomic E-state index is 0.0700. The molecule has 7 nitrogen and oxygen atoms in total. The number of carbonyl (C=O) groups excluding carboxylic acids is 1. The van der Waals surface area contributed by atoms with E-state index in [0.717, 1.165) is 47.8 Å². The molecule has 1 N–H and O–H groups in total. The molecule has 0 aliphatic carbocycles. The highest BCUT2D eigenvalue weighted by molar-refractivity contribution is 5.93. The van der Waals surface area contributed by atoms with Gasteiger partial charge in [0.05, 0.1) is 11.6 Å². The van der Waals surface area contributed by atoms with Crippen LogP contribution < -0.4 is 10.2 Å². The molecule has 0 spiro atoms. The molecule has 7 heteroatoms. The molecule has 4 rings (SSSR count). The van der Waals surface area contributed by atoms with Gasteiger partial charge in [0.2, 0.25) is 5.91 Å². The van der Waals surface area contributed by atoms with Crippen molar-refractivity contribution in [1.29, 1.82) is 0 Å². The summed E-state index contributed by atoms with van der Waals surface area (Å²) in [6.45, 7) is 9.58. The first-order chi connectivity index (χ1) is 14.4. The van der Waals surface area contributed by atoms with E-state index in [1.165, 1.54) is 5.56 Å². The smallest absolute Gasteiger partial charge is 0.229 e. The number of hydrogen-bond acceptors (Lipinski definition) is 5. The zero-order valence-electron chi connectivity index (χ0n) is 18.0. The molecular formula is C23H28N6O. The minimum Gasteiger partial charge on any atom is -0.354 e. The minimum atomic E-state index is -0.0730. The fraction of sp³-hybridized carbons (Fsp3) is 0.391. The van der Waals surface area contributed by atoms with Crippen molar-refractivity contribution in [3.05, 3.63) is 58.9 Å². The van der Waals surface area contributed by atoms with Gasteiger partial charge in [-0.1, -0.05) is 12.1 Å². The second-order valence-corrected chi connectivity index (χ2v) is 8.11. The number of amides is 1. The Morgan fingerprint density at radius 2 is 1.83 bits per heavy atom. The Kier molecular flexibility index (Phi) is 5.53. The summed E-state index contributed by atoms with van der Waals surface area (Å²) in [4.78, 5) is 15.0. The highest BCUT2D eigenvalue weighted by Gasteiger charge is 2.27. The van der Waals surface area contributed by atoms with Crippen molar-refractivity contribution in [2.45, 2.75) is 40.5 Å². The highest BCUT2D eigenvalue weighted by Crippen LogP contribution is 2.24. The largest absolute Gasteiger partial charge is 0.354 e. The number of aromatic nitrogens is 4. The van der Waals surface area contributed by atoms with Crippen LogP contribution >= 0.6 is 0 Å². The summed E-state index contributed by atoms with van der Waals surface area (Å²) >= 11 is 0. The lowest BCUT2D eigenvalue weighted by atomic mass is 9.96. The predicted molar refractivity (Wildman–Crippen MR) is 118 cm³/mol. The second-order valence-electron chi connectivity index (χ2n) is 8.11. The quantitative estimate of drug-likeness (QED) is 0.717. The molecule has 0 bridgehead atoms. The standard InChI is InChI=1S/C23H28N6O/c1-15-7-5-9-20(18(15)4)24-23(30)19-8-6-12-28(14-19)21-10-11-22(26-25-21)29-17(3)13-16(2)27-29/h5,7,9-11,13,19H,6,8,12,14H2,1-4H3,(H,24,30). The van der Waals surface area contributed by atoms with Gasteiger partial charge in [-0.2, -0.15) is 5.10 Å². The lowest BCUT2D eigenvalue weighted by molar-refractivity contribution is -0.120. The zero-order chi connectivity index (χ0) is 21.3. The Morgan fingerprint density at radius 1 is 1.07 bits per heavy atom. The Labute approximate surface area is 177 Å². The average Bonchev–Trinajstić information content (AvgIpc) is 3.09. The van der Waals surface area contributed by atoms with Gasteiger partial charge in [0.1, 0.15) is 0 Å². The highest BCUT2D eigenvalue weighted by atomic mass is 16.1. The molecule has 3 heterocycles. The van der Waals surface area contributed by atoms with E-state index in [1.54, 1.807) is 4.68 Å². The van der Waals surface area contributed by atoms with Crippen LogP contribution in [0.25, 0.3) is 5.82 Å². The third-order valence-corrected chi connectivity index (χ3v) is 5.84. The van der Waals surface area contributed by atoms with E-state index in [2.05, 4.69) is 38.5 Å². The maximum atomic E-state index is 12.9. The molecule has 156 valence electrons. The van der Waals surface area contributed by atoms with Gasteiger partial charge in [0.15, 0.2) is 11.6 Å². The summed E-state index contributed by atoms with van der Waals surface area (Å²) in [7, 11) is 0. The summed E-state index contributed by atoms with van der Waals surface area (Å²) in [6, 6.07) is 11.9. The predicted octanol–water partition coefficient (Wildman–Crippen LogP) is 3.75. The molecule has 1 amide bonds. The van der Waals surface area contributed by atoms with E-state index in [-0.39, 0.29) is 11.8 Å². The van der Waals surface area contributed by atoms with Crippen LogP contribution in [0.15, 0.2) is 36.4 Å². The lowest BCUT2D eigenvalue weighted by Gasteiger charge is -2.32. The molecule has 0 saturated carbocycles. The van der Waals surface area contributed by atoms with Crippen molar-refractivity contribution in [2.24, 2.45) is 5.92 Å². The number of anilines is 2. The number of piperidine rings is 1. The van der Waals surface area contributed by atoms with Gasteiger partial charge in [0.25, 0.3) is 0 Å². The van der Waals surface area contributed by atoms with Gasteiger partial charge < -0.3 is 10.2 Å². The number of rotatable bonds is 4. The number of nitrogens with one attached hydrogen (secondary N) is 1. The Hall–Kier alpha value is -3.22. The van der Waals surface area contributed by atoms with Gasteiger partial charge >= 0.3 is 0 Å². The van der Waals surface area contributed by atoms with E-state index in [0.29, 0.717) is 12.4 Å². The second kappa shape index (κ2) is 8.26. The first kappa shape index (κ1) is 20.1. The molecule has 1 aliphatic heterocycles. The van der Waals surface area contributed by atoms with Crippen LogP contribution in [-0.2, 0) is 4.79 Å². The van der Waals surface area contributed by atoms with E-state index in [4.69, 9.17) is 0 Å². The molecule has 1 fully saturated rings. The Balaban J connectivity index is 1.45. The molecule has 3 aromatic rings. The fourth-order valence-electron chi connectivity index (χ4n) is 3.98. The van der Waals surface area contributed by atoms with Crippen LogP contribution in [0.5, 0.6) is 0 Å². The third kappa shape index (κ3) is 4.06. The molecule has 30 heavy (non-hydrogen) atoms. The first-order valence-electron chi connectivity index (χ1n) is 10.4. The maximum absolute atomic E-state index is 12.9. The topological polar surface area (TPSA) is 75.9 Å². The fourth-order valence-corrected chi connectivity index (χ4v) is 3.98. The van der Waals surface area contributed by atoms with E-state index >= 15 is 0 Å². The number of aryl methyl sites for hydroxylation is 3. The summed E-state index contributed by atoms with van der Waals surface area (Å²) in [5, 5.41) is 16.4. The van der Waals surface area contributed by atoms with Crippen molar-refractivity contribution in [3.8, 4) is 5.82 Å². The van der Waals surface area contributed by atoms with Crippen LogP contribution in [0, 0.1) is 33.6 Å². The summed E-state index contributed by atoms with van der Waals surface area (Å²) in [5.74, 6) is 1.49. The van der Waals surface area contributed by atoms with Gasteiger partial charge in [-0.05, 0) is 75.9 Å². The molecule has 1 saturated heterocycles. The summed E-state index contributed by atoms with van der Waals surface area (Å²) < 4.78 is 1.79. The van der Waals surface area contributed by atoms with Crippen LogP contribution in [0.1, 0.15) is 35.4 Å². The van der Waals surface area contributed by atoms with E-state index in [9.17, 15) is 4.79 Å². The Morgan fingerprint density at radius 3 is 2.53 bits per heavy atom. The van der Waals surface area contributed by atoms with Crippen molar-refractivity contribution < 1.29 is 4.79 Å². The first-order valence-corrected chi connectivity index (χ1v) is 10.4. The van der Waals surface area contributed by atoms with Gasteiger partial charge in [0, 0.05) is 24.5 Å². The van der Waals surface area contributed by atoms with Gasteiger partial charge in [-0.15, -0.1) is 10.2 Å². The molecule has 1 aliphatic rings. The zero-order valence-corrected chi connectivity index (χ0v) is 18.0. The maximum Gasteiger partial charge on any atom is 0.229 e. The lowest BCUT2D eigenvalue weighted by Crippen LogP contribution is -2.41. The SMILES string of the molecule is Cc1cc(C)n(-c2ccc(N3CCCC(C(=O)Nc4cccc(C)c4C)C3)nn2)n1. The van der Waals surface area contributed by atoms with Gasteiger partial charge in [-0.3, -0.25) is 4.79 Å².